The van der Waals surface area contributed by atoms with E-state index in [9.17, 15) is 0 Å². The van der Waals surface area contributed by atoms with Crippen molar-refractivity contribution in [2.45, 2.75) is 0 Å². The Kier molecular flexibility index (Phi) is 21.0. The summed E-state index contributed by atoms with van der Waals surface area (Å²) in [6.45, 7) is 0. The Morgan fingerprint density at radius 1 is 0.667 bits per heavy atom. The molecule has 8 N–H and O–H groups in total. The Bertz CT molecular complexity index is 486. The standard InChI is InChI=1S/Dy.4H3NO3S/c;4*1-5(2,3)4/h;4*(H3,1,2,3,4)/p-4. The fraction of sp³-hybridized carbons (Fsp3) is 0. The third-order valence-electron chi connectivity index (χ3n) is 0. The minimum Gasteiger partial charge on any atom is -0.775 e. The number of rotatable bonds is 0. The van der Waals surface area contributed by atoms with Crippen molar-refractivity contribution in [1.29, 1.82) is 9.56 Å². The second-order valence-electron chi connectivity index (χ2n) is 1.94. The predicted octanol–water partition coefficient (Wildman–Crippen LogP) is -3.92. The van der Waals surface area contributed by atoms with E-state index in [4.69, 9.17) is 62.1 Å². The largest absolute Gasteiger partial charge is 0.775 e. The molecule has 138 valence electrons. The monoisotopic (exact) mass is 548 g/mol. The minimum absolute atomic E-state index is 0. The second kappa shape index (κ2) is 13.2. The normalized spacial score (nSPS) is 11.0. The smallest absolute Gasteiger partial charge is 0.330 e. The zero-order chi connectivity index (χ0) is 18.0. The molecule has 0 aromatic rings. The molecule has 0 radical (unpaired) electrons. The molecule has 0 aliphatic carbocycles. The van der Waals surface area contributed by atoms with E-state index in [0.717, 1.165) is 0 Å². The Hall–Kier alpha value is 0.753. The molecule has 21 heteroatoms. The number of nitrogens with one attached hydrogen (secondary N) is 2. The van der Waals surface area contributed by atoms with Crippen LogP contribution in [0.15, 0.2) is 0 Å². The molecule has 0 atom stereocenters. The molecule has 0 fully saturated rings. The summed E-state index contributed by atoms with van der Waals surface area (Å²) in [6, 6.07) is 0. The van der Waals surface area contributed by atoms with Crippen LogP contribution in [0.1, 0.15) is 0 Å². The zero-order valence-electron chi connectivity index (χ0n) is 9.08. The molecule has 0 spiro atoms. The van der Waals surface area contributed by atoms with Gasteiger partial charge in [-0.25, -0.2) is 10.3 Å². The van der Waals surface area contributed by atoms with Crippen LogP contribution in [-0.2, 0) is 41.2 Å². The molecule has 16 nitrogen and oxygen atoms in total. The van der Waals surface area contributed by atoms with Crippen LogP contribution in [0.2, 0.25) is 0 Å². The van der Waals surface area contributed by atoms with E-state index in [-0.39, 0.29) is 38.2 Å². The minimum atomic E-state index is -4.67. The van der Waals surface area contributed by atoms with Gasteiger partial charge >= 0.3 is 20.6 Å². The van der Waals surface area contributed by atoms with Crippen molar-refractivity contribution < 1.29 is 90.7 Å². The van der Waals surface area contributed by atoms with Gasteiger partial charge in [0.05, 0.1) is 0 Å². The van der Waals surface area contributed by atoms with Gasteiger partial charge in [0.2, 0.25) is 0 Å². The molecular formula is H8DyN4O12S4-4. The van der Waals surface area contributed by atoms with Crippen molar-refractivity contribution in [3.05, 3.63) is 0 Å². The topological polar surface area (TPSA) is 335 Å². The average molecular weight is 547 g/mol. The van der Waals surface area contributed by atoms with Gasteiger partial charge < -0.3 is 18.2 Å². The van der Waals surface area contributed by atoms with Crippen LogP contribution in [0.3, 0.4) is 0 Å². The molecular weight excluding hydrogens is 539 g/mol. The molecule has 0 saturated heterocycles. The van der Waals surface area contributed by atoms with E-state index in [1.807, 2.05) is 0 Å². The van der Waals surface area contributed by atoms with Crippen LogP contribution in [-0.4, -0.2) is 52.6 Å². The van der Waals surface area contributed by atoms with Crippen LogP contribution in [0.25, 0.3) is 0 Å². The van der Waals surface area contributed by atoms with Crippen LogP contribution in [0.5, 0.6) is 0 Å². The first-order valence-corrected chi connectivity index (χ1v) is 8.73. The maximum atomic E-state index is 8.97. The average Bonchev–Trinajstić information content (AvgIpc) is 1.62. The summed E-state index contributed by atoms with van der Waals surface area (Å²) in [5.74, 6) is 0. The summed E-state index contributed by atoms with van der Waals surface area (Å²) in [5, 5.41) is 7.76. The summed E-state index contributed by atoms with van der Waals surface area (Å²) in [6.07, 6.45) is 0. The number of hydrogen-bond acceptors (Lipinski definition) is 12. The Labute approximate surface area is 150 Å². The fourth-order valence-corrected chi connectivity index (χ4v) is 0. The Morgan fingerprint density at radius 2 is 0.667 bits per heavy atom. The number of hydrogen-bond donors (Lipinski definition) is 6. The van der Waals surface area contributed by atoms with Crippen molar-refractivity contribution in [3.63, 3.8) is 0 Å². The van der Waals surface area contributed by atoms with Gasteiger partial charge in [-0.2, -0.15) is 16.8 Å². The molecule has 0 amide bonds. The molecule has 0 saturated carbocycles. The van der Waals surface area contributed by atoms with Gasteiger partial charge in [-0.05, 0) is 0 Å². The molecule has 21 heavy (non-hydrogen) atoms. The molecule has 0 rings (SSSR count). The van der Waals surface area contributed by atoms with Gasteiger partial charge in [0.1, 0.15) is 0 Å². The van der Waals surface area contributed by atoms with Gasteiger partial charge in [-0.3, -0.25) is 27.1 Å². The molecule has 0 unspecified atom stereocenters. The maximum Gasteiger partial charge on any atom is 0.330 e. The van der Waals surface area contributed by atoms with Crippen molar-refractivity contribution in [1.82, 2.24) is 0 Å². The molecule has 0 bridgehead atoms. The van der Waals surface area contributed by atoms with Crippen LogP contribution in [0.4, 0.5) is 0 Å². The summed E-state index contributed by atoms with van der Waals surface area (Å²) in [7, 11) is -17.7. The first-order valence-electron chi connectivity index (χ1n) is 2.91. The summed E-state index contributed by atoms with van der Waals surface area (Å²) >= 11 is 0. The second-order valence-corrected chi connectivity index (χ2v) is 5.81. The summed E-state index contributed by atoms with van der Waals surface area (Å²) in [5.41, 5.74) is 0. The Balaban J connectivity index is -0.0000000533. The van der Waals surface area contributed by atoms with Crippen LogP contribution >= 0.6 is 0 Å². The van der Waals surface area contributed by atoms with E-state index in [1.165, 1.54) is 0 Å². The van der Waals surface area contributed by atoms with Gasteiger partial charge in [-0.15, -0.1) is 0 Å². The van der Waals surface area contributed by atoms with E-state index in [1.54, 1.807) is 0 Å². The molecule has 0 aliphatic rings. The van der Waals surface area contributed by atoms with Crippen molar-refractivity contribution in [2.75, 3.05) is 0 Å². The van der Waals surface area contributed by atoms with E-state index in [2.05, 4.69) is 10.3 Å². The third-order valence-corrected chi connectivity index (χ3v) is 0. The third kappa shape index (κ3) is 12900. The van der Waals surface area contributed by atoms with Gasteiger partial charge in [0.15, 0.2) is 0 Å². The molecule has 0 heterocycles. The molecule has 0 aliphatic heterocycles. The Morgan fingerprint density at radius 3 is 0.667 bits per heavy atom. The predicted molar refractivity (Wildman–Crippen MR) is 56.3 cm³/mol. The van der Waals surface area contributed by atoms with Gasteiger partial charge in [0.25, 0.3) is 0 Å². The number of nitrogens with two attached hydrogens (primary N) is 2. The summed E-state index contributed by atoms with van der Waals surface area (Å²) < 4.78 is 114. The zero-order valence-corrected chi connectivity index (χ0v) is 14.4. The van der Waals surface area contributed by atoms with Crippen molar-refractivity contribution in [3.8, 4) is 0 Å². The summed E-state index contributed by atoms with van der Waals surface area (Å²) in [4.78, 5) is 0. The first kappa shape index (κ1) is 33.4. The van der Waals surface area contributed by atoms with Crippen molar-refractivity contribution in [2.24, 2.45) is 10.3 Å². The van der Waals surface area contributed by atoms with Gasteiger partial charge in [-0.1, -0.05) is 20.6 Å². The van der Waals surface area contributed by atoms with E-state index < -0.39 is 41.2 Å². The van der Waals surface area contributed by atoms with Crippen LogP contribution in [0, 0.1) is 47.7 Å². The maximum absolute atomic E-state index is 8.97. The molecule has 0 aromatic carbocycles. The first-order chi connectivity index (χ1) is 8.00. The van der Waals surface area contributed by atoms with Gasteiger partial charge in [0, 0.05) is 38.2 Å². The molecule has 0 aromatic heterocycles. The van der Waals surface area contributed by atoms with E-state index >= 15 is 0 Å². The van der Waals surface area contributed by atoms with Crippen molar-refractivity contribution >= 4 is 41.2 Å². The quantitative estimate of drug-likeness (QED) is 0.159. The SMILES string of the molecule is N=S(=O)([O-])[O-].N=S(=O)([O-])[O-].NS(=O)(=O)O.NS(=O)(=O)O.[Dy]. The van der Waals surface area contributed by atoms with E-state index in [0.29, 0.717) is 0 Å². The fourth-order valence-electron chi connectivity index (χ4n) is 0. The van der Waals surface area contributed by atoms with Crippen LogP contribution < -0.4 is 10.3 Å².